The summed E-state index contributed by atoms with van der Waals surface area (Å²) in [5.74, 6) is 1.59. The van der Waals surface area contributed by atoms with Crippen LogP contribution in [-0.2, 0) is 6.54 Å². The van der Waals surface area contributed by atoms with Crippen molar-refractivity contribution in [2.75, 3.05) is 14.2 Å². The van der Waals surface area contributed by atoms with Crippen LogP contribution in [0, 0.1) is 3.57 Å². The van der Waals surface area contributed by atoms with Gasteiger partial charge in [0.15, 0.2) is 11.5 Å². The molecular formula is C12H19ClINO2. The average Bonchev–Trinajstić information content (AvgIpc) is 2.25. The number of rotatable bonds is 5. The summed E-state index contributed by atoms with van der Waals surface area (Å²) in [6.07, 6.45) is 0. The molecule has 0 bridgehead atoms. The first-order valence-corrected chi connectivity index (χ1v) is 6.30. The fourth-order valence-electron chi connectivity index (χ4n) is 1.40. The molecule has 0 amide bonds. The van der Waals surface area contributed by atoms with Gasteiger partial charge in [0, 0.05) is 12.6 Å². The molecule has 3 nitrogen and oxygen atoms in total. The van der Waals surface area contributed by atoms with Crippen molar-refractivity contribution >= 4 is 35.0 Å². The summed E-state index contributed by atoms with van der Waals surface area (Å²) in [6.45, 7) is 5.10. The van der Waals surface area contributed by atoms with Crippen molar-refractivity contribution in [3.05, 3.63) is 21.3 Å². The van der Waals surface area contributed by atoms with E-state index in [2.05, 4.69) is 47.8 Å². The van der Waals surface area contributed by atoms with Gasteiger partial charge in [0.1, 0.15) is 0 Å². The summed E-state index contributed by atoms with van der Waals surface area (Å²) < 4.78 is 11.7. The summed E-state index contributed by atoms with van der Waals surface area (Å²) in [5, 5.41) is 3.38. The van der Waals surface area contributed by atoms with E-state index in [1.165, 1.54) is 5.56 Å². The molecule has 98 valence electrons. The quantitative estimate of drug-likeness (QED) is 0.806. The number of ether oxygens (including phenoxy) is 2. The Morgan fingerprint density at radius 1 is 1.24 bits per heavy atom. The number of methoxy groups -OCH3 is 2. The molecule has 0 atom stereocenters. The van der Waals surface area contributed by atoms with E-state index in [1.807, 2.05) is 6.07 Å². The second kappa shape index (κ2) is 8.00. The molecule has 1 N–H and O–H groups in total. The van der Waals surface area contributed by atoms with Gasteiger partial charge in [-0.1, -0.05) is 13.8 Å². The van der Waals surface area contributed by atoms with Crippen molar-refractivity contribution in [3.8, 4) is 11.5 Å². The van der Waals surface area contributed by atoms with Gasteiger partial charge in [-0.25, -0.2) is 0 Å². The smallest absolute Gasteiger partial charge is 0.174 e. The molecule has 1 rings (SSSR count). The normalized spacial score (nSPS) is 10.0. The van der Waals surface area contributed by atoms with Gasteiger partial charge in [0.2, 0.25) is 0 Å². The van der Waals surface area contributed by atoms with E-state index in [-0.39, 0.29) is 12.4 Å². The fraction of sp³-hybridized carbons (Fsp3) is 0.500. The summed E-state index contributed by atoms with van der Waals surface area (Å²) in [5.41, 5.74) is 1.20. The Hall–Kier alpha value is -0.200. The number of hydrogen-bond donors (Lipinski definition) is 1. The molecule has 0 aliphatic rings. The van der Waals surface area contributed by atoms with Gasteiger partial charge in [-0.3, -0.25) is 0 Å². The Bertz CT molecular complexity index is 359. The van der Waals surface area contributed by atoms with Crippen molar-refractivity contribution in [2.24, 2.45) is 0 Å². The Labute approximate surface area is 123 Å². The van der Waals surface area contributed by atoms with Crippen molar-refractivity contribution in [3.63, 3.8) is 0 Å². The van der Waals surface area contributed by atoms with Crippen LogP contribution in [0.15, 0.2) is 12.1 Å². The molecule has 0 saturated heterocycles. The minimum absolute atomic E-state index is 0. The highest BCUT2D eigenvalue weighted by Gasteiger charge is 2.10. The van der Waals surface area contributed by atoms with Gasteiger partial charge in [-0.15, -0.1) is 12.4 Å². The molecular weight excluding hydrogens is 352 g/mol. The lowest BCUT2D eigenvalue weighted by molar-refractivity contribution is 0.352. The second-order valence-electron chi connectivity index (χ2n) is 3.85. The van der Waals surface area contributed by atoms with Gasteiger partial charge in [0.25, 0.3) is 0 Å². The summed E-state index contributed by atoms with van der Waals surface area (Å²) >= 11 is 2.26. The average molecular weight is 372 g/mol. The van der Waals surface area contributed by atoms with Crippen molar-refractivity contribution in [1.29, 1.82) is 0 Å². The van der Waals surface area contributed by atoms with Crippen molar-refractivity contribution in [1.82, 2.24) is 5.32 Å². The molecule has 0 aliphatic heterocycles. The third-order valence-electron chi connectivity index (χ3n) is 2.21. The fourth-order valence-corrected chi connectivity index (χ4v) is 2.28. The number of benzene rings is 1. The number of halogens is 2. The lowest BCUT2D eigenvalue weighted by Crippen LogP contribution is -2.21. The molecule has 1 aromatic rings. The standard InChI is InChI=1S/C12H18INO2.ClH/c1-8(2)14-7-9-5-10(13)12(16-4)11(6-9)15-3;/h5-6,8,14H,7H2,1-4H3;1H. The molecule has 0 saturated carbocycles. The summed E-state index contributed by atoms with van der Waals surface area (Å²) in [4.78, 5) is 0. The van der Waals surface area contributed by atoms with E-state index in [0.29, 0.717) is 6.04 Å². The molecule has 0 fully saturated rings. The summed E-state index contributed by atoms with van der Waals surface area (Å²) in [7, 11) is 3.32. The van der Waals surface area contributed by atoms with E-state index >= 15 is 0 Å². The first-order chi connectivity index (χ1) is 7.58. The molecule has 0 unspecified atom stereocenters. The van der Waals surface area contributed by atoms with E-state index < -0.39 is 0 Å². The van der Waals surface area contributed by atoms with Gasteiger partial charge in [-0.05, 0) is 40.3 Å². The van der Waals surface area contributed by atoms with Crippen LogP contribution in [0.5, 0.6) is 11.5 Å². The minimum atomic E-state index is 0. The molecule has 0 spiro atoms. The highest BCUT2D eigenvalue weighted by Crippen LogP contribution is 2.33. The Balaban J connectivity index is 0.00000256. The maximum absolute atomic E-state index is 5.31. The molecule has 1 aromatic carbocycles. The van der Waals surface area contributed by atoms with Gasteiger partial charge < -0.3 is 14.8 Å². The van der Waals surface area contributed by atoms with Crippen LogP contribution >= 0.6 is 35.0 Å². The first-order valence-electron chi connectivity index (χ1n) is 5.22. The van der Waals surface area contributed by atoms with E-state index in [4.69, 9.17) is 9.47 Å². The third kappa shape index (κ3) is 4.89. The monoisotopic (exact) mass is 371 g/mol. The van der Waals surface area contributed by atoms with Crippen molar-refractivity contribution < 1.29 is 9.47 Å². The molecule has 0 aromatic heterocycles. The molecule has 0 radical (unpaired) electrons. The first kappa shape index (κ1) is 16.8. The molecule has 5 heteroatoms. The van der Waals surface area contributed by atoms with Gasteiger partial charge in [0.05, 0.1) is 17.8 Å². The van der Waals surface area contributed by atoms with Crippen LogP contribution in [-0.4, -0.2) is 20.3 Å². The van der Waals surface area contributed by atoms with Crippen LogP contribution in [0.2, 0.25) is 0 Å². The van der Waals surface area contributed by atoms with Gasteiger partial charge >= 0.3 is 0 Å². The maximum atomic E-state index is 5.31. The van der Waals surface area contributed by atoms with Crippen LogP contribution in [0.3, 0.4) is 0 Å². The highest BCUT2D eigenvalue weighted by molar-refractivity contribution is 14.1. The predicted molar refractivity (Wildman–Crippen MR) is 81.5 cm³/mol. The SMILES string of the molecule is COc1cc(CNC(C)C)cc(I)c1OC.Cl. The van der Waals surface area contributed by atoms with Crippen LogP contribution < -0.4 is 14.8 Å². The zero-order valence-corrected chi connectivity index (χ0v) is 13.5. The largest absolute Gasteiger partial charge is 0.493 e. The van der Waals surface area contributed by atoms with E-state index in [0.717, 1.165) is 21.6 Å². The topological polar surface area (TPSA) is 30.5 Å². The second-order valence-corrected chi connectivity index (χ2v) is 5.01. The minimum Gasteiger partial charge on any atom is -0.493 e. The highest BCUT2D eigenvalue weighted by atomic mass is 127. The zero-order chi connectivity index (χ0) is 12.1. The molecule has 17 heavy (non-hydrogen) atoms. The van der Waals surface area contributed by atoms with Crippen LogP contribution in [0.1, 0.15) is 19.4 Å². The van der Waals surface area contributed by atoms with Gasteiger partial charge in [-0.2, -0.15) is 0 Å². The Morgan fingerprint density at radius 3 is 2.35 bits per heavy atom. The van der Waals surface area contributed by atoms with Crippen LogP contribution in [0.25, 0.3) is 0 Å². The Morgan fingerprint density at radius 2 is 1.88 bits per heavy atom. The summed E-state index contributed by atoms with van der Waals surface area (Å²) in [6, 6.07) is 4.60. The maximum Gasteiger partial charge on any atom is 0.174 e. The third-order valence-corrected chi connectivity index (χ3v) is 3.01. The zero-order valence-electron chi connectivity index (χ0n) is 10.5. The van der Waals surface area contributed by atoms with Crippen molar-refractivity contribution in [2.45, 2.75) is 26.4 Å². The molecule has 0 heterocycles. The van der Waals surface area contributed by atoms with E-state index in [1.54, 1.807) is 14.2 Å². The predicted octanol–water partition coefficient (Wildman–Crippen LogP) is 3.23. The number of hydrogen-bond acceptors (Lipinski definition) is 3. The van der Waals surface area contributed by atoms with Crippen LogP contribution in [0.4, 0.5) is 0 Å². The molecule has 0 aliphatic carbocycles. The van der Waals surface area contributed by atoms with E-state index in [9.17, 15) is 0 Å². The lowest BCUT2D eigenvalue weighted by Gasteiger charge is -2.13. The number of nitrogens with one attached hydrogen (secondary N) is 1. The Kier molecular flexibility index (Phi) is 7.91. The lowest BCUT2D eigenvalue weighted by atomic mass is 10.2.